The Bertz CT molecular complexity index is 832. The van der Waals surface area contributed by atoms with Crippen LogP contribution in [0.1, 0.15) is 253 Å². The van der Waals surface area contributed by atoms with Crippen LogP contribution in [0.3, 0.4) is 0 Å². The second-order valence-corrected chi connectivity index (χ2v) is 17.5. The highest BCUT2D eigenvalue weighted by Crippen LogP contribution is 2.31. The first-order valence-electron chi connectivity index (χ1n) is 24.6. The molecule has 54 heavy (non-hydrogen) atoms. The zero-order valence-electron chi connectivity index (χ0n) is 37.3. The van der Waals surface area contributed by atoms with Crippen LogP contribution < -0.4 is 0 Å². The fourth-order valence-electron chi connectivity index (χ4n) is 8.75. The predicted molar refractivity (Wildman–Crippen MR) is 233 cm³/mol. The van der Waals surface area contributed by atoms with Crippen molar-refractivity contribution in [3.05, 3.63) is 0 Å². The molecule has 5 heteroatoms. The standard InChI is InChI=1S/C49H95NO4/c1-6-11-16-20-22-27-36-45(34-25-18-13-8-3)48(51)53-40-31-24-29-38-47-42-44(43-50(47)39-15-10-5)33-30-32-41-54-49(52)46(35-26-19-14-9-4)37-28-23-21-17-12-7-2/h44-47H,6-43H2,1-5H3. The third-order valence-corrected chi connectivity index (χ3v) is 12.4. The second-order valence-electron chi connectivity index (χ2n) is 17.5. The maximum absolute atomic E-state index is 13.1. The lowest BCUT2D eigenvalue weighted by Crippen LogP contribution is -2.30. The molecule has 0 saturated carbocycles. The molecule has 0 aliphatic carbocycles. The van der Waals surface area contributed by atoms with Crippen molar-refractivity contribution < 1.29 is 19.1 Å². The van der Waals surface area contributed by atoms with Gasteiger partial charge in [0, 0.05) is 12.6 Å². The Labute approximate surface area is 338 Å². The molecule has 1 aliphatic heterocycles. The van der Waals surface area contributed by atoms with E-state index in [1.165, 1.54) is 167 Å². The van der Waals surface area contributed by atoms with Crippen LogP contribution in [0.4, 0.5) is 0 Å². The summed E-state index contributed by atoms with van der Waals surface area (Å²) < 4.78 is 11.8. The Hall–Kier alpha value is -1.10. The topological polar surface area (TPSA) is 55.8 Å². The van der Waals surface area contributed by atoms with Crippen molar-refractivity contribution >= 4 is 11.9 Å². The molecule has 0 radical (unpaired) electrons. The van der Waals surface area contributed by atoms with Gasteiger partial charge >= 0.3 is 11.9 Å². The summed E-state index contributed by atoms with van der Waals surface area (Å²) in [6.07, 6.45) is 41.1. The van der Waals surface area contributed by atoms with Gasteiger partial charge in [-0.15, -0.1) is 0 Å². The smallest absolute Gasteiger partial charge is 0.308 e. The van der Waals surface area contributed by atoms with Gasteiger partial charge in [-0.25, -0.2) is 0 Å². The SMILES string of the molecule is CCCCCCCCC(CCCCCC)C(=O)OCCCCCC1CC(CCCCOC(=O)C(CCCCCC)CCCCCCCC)CN1CCCC. The van der Waals surface area contributed by atoms with Gasteiger partial charge in [0.05, 0.1) is 25.0 Å². The van der Waals surface area contributed by atoms with E-state index in [1.807, 2.05) is 0 Å². The van der Waals surface area contributed by atoms with E-state index in [1.54, 1.807) is 0 Å². The van der Waals surface area contributed by atoms with E-state index in [0.29, 0.717) is 19.3 Å². The van der Waals surface area contributed by atoms with E-state index in [-0.39, 0.29) is 23.8 Å². The summed E-state index contributed by atoms with van der Waals surface area (Å²) in [6.45, 7) is 15.0. The highest BCUT2D eigenvalue weighted by molar-refractivity contribution is 5.72. The third kappa shape index (κ3) is 27.5. The number of likely N-dealkylation sites (tertiary alicyclic amines) is 1. The summed E-state index contributed by atoms with van der Waals surface area (Å²) in [7, 11) is 0. The van der Waals surface area contributed by atoms with Crippen LogP contribution in [-0.2, 0) is 19.1 Å². The molecule has 5 nitrogen and oxygen atoms in total. The first-order chi connectivity index (χ1) is 26.5. The fourth-order valence-corrected chi connectivity index (χ4v) is 8.75. The van der Waals surface area contributed by atoms with Crippen molar-refractivity contribution in [2.24, 2.45) is 17.8 Å². The van der Waals surface area contributed by atoms with Gasteiger partial charge in [-0.3, -0.25) is 9.59 Å². The van der Waals surface area contributed by atoms with Gasteiger partial charge in [-0.2, -0.15) is 0 Å². The Morgan fingerprint density at radius 3 is 1.30 bits per heavy atom. The molecule has 0 spiro atoms. The molecule has 320 valence electrons. The average Bonchev–Trinajstić information content (AvgIpc) is 3.57. The minimum absolute atomic E-state index is 0.0783. The van der Waals surface area contributed by atoms with Crippen molar-refractivity contribution in [2.75, 3.05) is 26.3 Å². The molecule has 0 aromatic rings. The highest BCUT2D eigenvalue weighted by Gasteiger charge is 2.30. The first kappa shape index (κ1) is 50.9. The minimum Gasteiger partial charge on any atom is -0.465 e. The largest absolute Gasteiger partial charge is 0.465 e. The summed E-state index contributed by atoms with van der Waals surface area (Å²) >= 11 is 0. The van der Waals surface area contributed by atoms with Gasteiger partial charge in [0.25, 0.3) is 0 Å². The summed E-state index contributed by atoms with van der Waals surface area (Å²) in [6, 6.07) is 0.696. The van der Waals surface area contributed by atoms with Crippen LogP contribution in [0.15, 0.2) is 0 Å². The molecule has 1 fully saturated rings. The van der Waals surface area contributed by atoms with E-state index in [4.69, 9.17) is 9.47 Å². The number of carbonyl (C=O) groups excluding carboxylic acids is 2. The van der Waals surface area contributed by atoms with Crippen molar-refractivity contribution in [1.29, 1.82) is 0 Å². The van der Waals surface area contributed by atoms with E-state index >= 15 is 0 Å². The second kappa shape index (κ2) is 37.5. The number of hydrogen-bond acceptors (Lipinski definition) is 5. The number of esters is 2. The molecule has 0 aromatic carbocycles. The number of carbonyl (C=O) groups is 2. The van der Waals surface area contributed by atoms with Gasteiger partial charge in [-0.05, 0) is 83.1 Å². The number of rotatable bonds is 40. The van der Waals surface area contributed by atoms with E-state index in [0.717, 1.165) is 70.1 Å². The average molecular weight is 762 g/mol. The number of nitrogens with zero attached hydrogens (tertiary/aromatic N) is 1. The molecule has 4 unspecified atom stereocenters. The van der Waals surface area contributed by atoms with Crippen LogP contribution in [0.5, 0.6) is 0 Å². The lowest BCUT2D eigenvalue weighted by molar-refractivity contribution is -0.150. The minimum atomic E-state index is 0.0783. The maximum Gasteiger partial charge on any atom is 0.308 e. The van der Waals surface area contributed by atoms with Crippen molar-refractivity contribution in [3.8, 4) is 0 Å². The number of hydrogen-bond donors (Lipinski definition) is 0. The molecular weight excluding hydrogens is 667 g/mol. The normalized spacial score (nSPS) is 17.2. The van der Waals surface area contributed by atoms with E-state index < -0.39 is 0 Å². The van der Waals surface area contributed by atoms with Gasteiger partial charge in [0.1, 0.15) is 0 Å². The van der Waals surface area contributed by atoms with E-state index in [9.17, 15) is 9.59 Å². The van der Waals surface area contributed by atoms with Crippen molar-refractivity contribution in [1.82, 2.24) is 4.90 Å². The third-order valence-electron chi connectivity index (χ3n) is 12.4. The van der Waals surface area contributed by atoms with Crippen molar-refractivity contribution in [2.45, 2.75) is 259 Å². The molecule has 1 saturated heterocycles. The molecule has 1 rings (SSSR count). The summed E-state index contributed by atoms with van der Waals surface area (Å²) in [5.41, 5.74) is 0. The lowest BCUT2D eigenvalue weighted by Gasteiger charge is -2.24. The molecular formula is C49H95NO4. The Morgan fingerprint density at radius 2 is 0.833 bits per heavy atom. The zero-order valence-corrected chi connectivity index (χ0v) is 37.3. The quantitative estimate of drug-likeness (QED) is 0.0460. The van der Waals surface area contributed by atoms with Crippen LogP contribution in [0, 0.1) is 17.8 Å². The van der Waals surface area contributed by atoms with Gasteiger partial charge in [0.15, 0.2) is 0 Å². The van der Waals surface area contributed by atoms with Crippen LogP contribution in [0.25, 0.3) is 0 Å². The molecule has 1 aliphatic rings. The molecule has 0 amide bonds. The van der Waals surface area contributed by atoms with E-state index in [2.05, 4.69) is 39.5 Å². The molecule has 0 N–H and O–H groups in total. The zero-order chi connectivity index (χ0) is 39.3. The van der Waals surface area contributed by atoms with Crippen LogP contribution in [-0.4, -0.2) is 49.2 Å². The van der Waals surface area contributed by atoms with Crippen LogP contribution >= 0.6 is 0 Å². The predicted octanol–water partition coefficient (Wildman–Crippen LogP) is 15.0. The Kier molecular flexibility index (Phi) is 35.3. The fraction of sp³-hybridized carbons (Fsp3) is 0.959. The first-order valence-corrected chi connectivity index (χ1v) is 24.6. The molecule has 1 heterocycles. The van der Waals surface area contributed by atoms with Gasteiger partial charge < -0.3 is 14.4 Å². The molecule has 4 atom stereocenters. The maximum atomic E-state index is 13.1. The Balaban J connectivity index is 2.39. The van der Waals surface area contributed by atoms with Crippen molar-refractivity contribution in [3.63, 3.8) is 0 Å². The Morgan fingerprint density at radius 1 is 0.463 bits per heavy atom. The molecule has 0 bridgehead atoms. The molecule has 0 aromatic heterocycles. The van der Waals surface area contributed by atoms with Gasteiger partial charge in [-0.1, -0.05) is 182 Å². The monoisotopic (exact) mass is 762 g/mol. The van der Waals surface area contributed by atoms with Gasteiger partial charge in [0.2, 0.25) is 0 Å². The summed E-state index contributed by atoms with van der Waals surface area (Å²) in [5.74, 6) is 1.14. The number of ether oxygens (including phenoxy) is 2. The summed E-state index contributed by atoms with van der Waals surface area (Å²) in [4.78, 5) is 28.9. The summed E-state index contributed by atoms with van der Waals surface area (Å²) in [5, 5.41) is 0. The highest BCUT2D eigenvalue weighted by atomic mass is 16.5. The lowest BCUT2D eigenvalue weighted by atomic mass is 9.94. The number of unbranched alkanes of at least 4 members (excludes halogenated alkanes) is 20. The van der Waals surface area contributed by atoms with Crippen LogP contribution in [0.2, 0.25) is 0 Å².